The molecule has 0 saturated carbocycles. The van der Waals surface area contributed by atoms with Gasteiger partial charge in [0.05, 0.1) is 0 Å². The zero-order valence-electron chi connectivity index (χ0n) is 13.3. The van der Waals surface area contributed by atoms with Crippen molar-refractivity contribution < 1.29 is 9.53 Å². The van der Waals surface area contributed by atoms with Crippen LogP contribution in [0, 0.1) is 5.92 Å². The number of aromatic nitrogens is 1. The van der Waals surface area contributed by atoms with Gasteiger partial charge in [-0.1, -0.05) is 13.8 Å². The van der Waals surface area contributed by atoms with Crippen molar-refractivity contribution in [2.45, 2.75) is 33.3 Å². The minimum absolute atomic E-state index is 0.251. The van der Waals surface area contributed by atoms with Gasteiger partial charge in [-0.25, -0.2) is 9.78 Å². The summed E-state index contributed by atoms with van der Waals surface area (Å²) in [5, 5.41) is 3.30. The fourth-order valence-electron chi connectivity index (χ4n) is 2.10. The van der Waals surface area contributed by atoms with E-state index >= 15 is 0 Å². The Morgan fingerprint density at radius 3 is 2.67 bits per heavy atom. The van der Waals surface area contributed by atoms with Crippen molar-refractivity contribution in [3.05, 3.63) is 23.9 Å². The first-order chi connectivity index (χ1) is 9.92. The third kappa shape index (κ3) is 3.73. The summed E-state index contributed by atoms with van der Waals surface area (Å²) in [6.45, 7) is 11.5. The van der Waals surface area contributed by atoms with Gasteiger partial charge in [0.15, 0.2) is 0 Å². The number of pyridine rings is 1. The minimum atomic E-state index is -0.492. The Morgan fingerprint density at radius 1 is 1.38 bits per heavy atom. The van der Waals surface area contributed by atoms with Gasteiger partial charge in [-0.05, 0) is 31.9 Å². The van der Waals surface area contributed by atoms with Crippen LogP contribution in [0.1, 0.15) is 38.1 Å². The highest BCUT2D eigenvalue weighted by Crippen LogP contribution is 2.25. The Bertz CT molecular complexity index is 494. The van der Waals surface area contributed by atoms with E-state index < -0.39 is 5.60 Å². The van der Waals surface area contributed by atoms with E-state index in [1.54, 1.807) is 18.3 Å². The minimum Gasteiger partial charge on any atom is -0.456 e. The molecule has 0 aromatic carbocycles. The van der Waals surface area contributed by atoms with Crippen LogP contribution >= 0.6 is 0 Å². The second kappa shape index (κ2) is 6.43. The molecular formula is C16H25N3O2. The number of nitrogens with one attached hydrogen (secondary N) is 1. The third-order valence-electron chi connectivity index (χ3n) is 4.17. The summed E-state index contributed by atoms with van der Waals surface area (Å²) in [4.78, 5) is 19.1. The van der Waals surface area contributed by atoms with E-state index in [4.69, 9.17) is 4.74 Å². The summed E-state index contributed by atoms with van der Waals surface area (Å²) >= 11 is 0. The summed E-state index contributed by atoms with van der Waals surface area (Å²) in [5.74, 6) is 0.680. The first-order valence-electron chi connectivity index (χ1n) is 7.56. The molecule has 1 fully saturated rings. The number of anilines is 1. The Kier molecular flexibility index (Phi) is 4.83. The molecule has 1 aromatic heterocycles. The SMILES string of the molecule is CC(C)C(C)(C)OC(=O)c1cccnc1N1CCNCC1. The van der Waals surface area contributed by atoms with Crippen LogP contribution in [0.2, 0.25) is 0 Å². The largest absolute Gasteiger partial charge is 0.456 e. The van der Waals surface area contributed by atoms with Crippen molar-refractivity contribution in [2.75, 3.05) is 31.1 Å². The first-order valence-corrected chi connectivity index (χ1v) is 7.56. The van der Waals surface area contributed by atoms with Crippen molar-refractivity contribution in [2.24, 2.45) is 5.92 Å². The van der Waals surface area contributed by atoms with Gasteiger partial charge in [-0.15, -0.1) is 0 Å². The van der Waals surface area contributed by atoms with Crippen LogP contribution in [0.15, 0.2) is 18.3 Å². The van der Waals surface area contributed by atoms with Crippen molar-refractivity contribution >= 4 is 11.8 Å². The standard InChI is InChI=1S/C16H25N3O2/c1-12(2)16(3,4)21-15(20)13-6-5-7-18-14(13)19-10-8-17-9-11-19/h5-7,12,17H,8-11H2,1-4H3. The number of rotatable bonds is 4. The molecule has 5 heteroatoms. The van der Waals surface area contributed by atoms with Crippen LogP contribution in [0.3, 0.4) is 0 Å². The van der Waals surface area contributed by atoms with Crippen molar-refractivity contribution in [1.29, 1.82) is 0 Å². The number of hydrogen-bond acceptors (Lipinski definition) is 5. The number of hydrogen-bond donors (Lipinski definition) is 1. The van der Waals surface area contributed by atoms with E-state index in [2.05, 4.69) is 15.2 Å². The Balaban J connectivity index is 2.21. The summed E-state index contributed by atoms with van der Waals surface area (Å²) in [7, 11) is 0. The van der Waals surface area contributed by atoms with Crippen LogP contribution in [-0.2, 0) is 4.74 Å². The number of carbonyl (C=O) groups excluding carboxylic acids is 1. The summed E-state index contributed by atoms with van der Waals surface area (Å²) in [5.41, 5.74) is 0.0568. The van der Waals surface area contributed by atoms with Gasteiger partial charge in [0.2, 0.25) is 0 Å². The molecule has 0 atom stereocenters. The van der Waals surface area contributed by atoms with Crippen LogP contribution in [0.4, 0.5) is 5.82 Å². The second-order valence-corrected chi connectivity index (χ2v) is 6.26. The van der Waals surface area contributed by atoms with Gasteiger partial charge in [0.1, 0.15) is 17.0 Å². The van der Waals surface area contributed by atoms with Crippen molar-refractivity contribution in [3.8, 4) is 0 Å². The average Bonchev–Trinajstić information content (AvgIpc) is 2.47. The number of ether oxygens (including phenoxy) is 1. The molecule has 1 aromatic rings. The van der Waals surface area contributed by atoms with Crippen LogP contribution in [0.25, 0.3) is 0 Å². The van der Waals surface area contributed by atoms with Crippen LogP contribution < -0.4 is 10.2 Å². The molecule has 1 aliphatic rings. The molecule has 1 aliphatic heterocycles. The van der Waals surface area contributed by atoms with E-state index in [0.29, 0.717) is 5.56 Å². The fourth-order valence-corrected chi connectivity index (χ4v) is 2.10. The molecule has 5 nitrogen and oxygen atoms in total. The maximum absolute atomic E-state index is 12.5. The predicted molar refractivity (Wildman–Crippen MR) is 83.7 cm³/mol. The normalized spacial score (nSPS) is 16.1. The topological polar surface area (TPSA) is 54.5 Å². The molecule has 0 unspecified atom stereocenters. The fraction of sp³-hybridized carbons (Fsp3) is 0.625. The van der Waals surface area contributed by atoms with E-state index in [1.807, 2.05) is 27.7 Å². The number of esters is 1. The van der Waals surface area contributed by atoms with Gasteiger partial charge in [-0.3, -0.25) is 0 Å². The average molecular weight is 291 g/mol. The summed E-state index contributed by atoms with van der Waals surface area (Å²) < 4.78 is 5.70. The molecule has 0 spiro atoms. The maximum Gasteiger partial charge on any atom is 0.342 e. The lowest BCUT2D eigenvalue weighted by molar-refractivity contribution is -0.0222. The molecule has 0 radical (unpaired) electrons. The predicted octanol–water partition coefficient (Wildman–Crippen LogP) is 2.08. The Hall–Kier alpha value is -1.62. The molecular weight excluding hydrogens is 266 g/mol. The number of piperazine rings is 1. The van der Waals surface area contributed by atoms with Crippen LogP contribution in [0.5, 0.6) is 0 Å². The highest BCUT2D eigenvalue weighted by atomic mass is 16.6. The quantitative estimate of drug-likeness (QED) is 0.861. The maximum atomic E-state index is 12.5. The van der Waals surface area contributed by atoms with Gasteiger partial charge in [0, 0.05) is 32.4 Å². The first kappa shape index (κ1) is 15.8. The zero-order chi connectivity index (χ0) is 15.5. The van der Waals surface area contributed by atoms with E-state index in [1.165, 1.54) is 0 Å². The lowest BCUT2D eigenvalue weighted by Crippen LogP contribution is -2.44. The lowest BCUT2D eigenvalue weighted by atomic mass is 9.94. The third-order valence-corrected chi connectivity index (χ3v) is 4.17. The molecule has 116 valence electrons. The molecule has 2 rings (SSSR count). The number of nitrogens with zero attached hydrogens (tertiary/aromatic N) is 2. The van der Waals surface area contributed by atoms with Crippen molar-refractivity contribution in [3.63, 3.8) is 0 Å². The molecule has 21 heavy (non-hydrogen) atoms. The highest BCUT2D eigenvalue weighted by Gasteiger charge is 2.29. The number of carbonyl (C=O) groups is 1. The molecule has 2 heterocycles. The summed E-state index contributed by atoms with van der Waals surface area (Å²) in [6.07, 6.45) is 1.72. The summed E-state index contributed by atoms with van der Waals surface area (Å²) in [6, 6.07) is 3.58. The van der Waals surface area contributed by atoms with Crippen molar-refractivity contribution in [1.82, 2.24) is 10.3 Å². The lowest BCUT2D eigenvalue weighted by Gasteiger charge is -2.32. The molecule has 0 bridgehead atoms. The highest BCUT2D eigenvalue weighted by molar-refractivity contribution is 5.95. The van der Waals surface area contributed by atoms with Gasteiger partial charge in [0.25, 0.3) is 0 Å². The van der Waals surface area contributed by atoms with E-state index in [9.17, 15) is 4.79 Å². The van der Waals surface area contributed by atoms with Gasteiger partial charge < -0.3 is 15.0 Å². The van der Waals surface area contributed by atoms with Gasteiger partial charge in [-0.2, -0.15) is 0 Å². The smallest absolute Gasteiger partial charge is 0.342 e. The van der Waals surface area contributed by atoms with Gasteiger partial charge >= 0.3 is 5.97 Å². The van der Waals surface area contributed by atoms with E-state index in [0.717, 1.165) is 32.0 Å². The Labute approximate surface area is 126 Å². The zero-order valence-corrected chi connectivity index (χ0v) is 13.3. The van der Waals surface area contributed by atoms with E-state index in [-0.39, 0.29) is 11.9 Å². The monoisotopic (exact) mass is 291 g/mol. The second-order valence-electron chi connectivity index (χ2n) is 6.26. The molecule has 1 saturated heterocycles. The Morgan fingerprint density at radius 2 is 2.05 bits per heavy atom. The molecule has 0 aliphatic carbocycles. The molecule has 1 N–H and O–H groups in total. The molecule has 0 amide bonds. The van der Waals surface area contributed by atoms with Crippen LogP contribution in [-0.4, -0.2) is 42.7 Å².